The molecule has 0 bridgehead atoms. The van der Waals surface area contributed by atoms with Crippen molar-refractivity contribution in [3.8, 4) is 5.69 Å². The molecular formula is C20H27N3O2. The van der Waals surface area contributed by atoms with Crippen LogP contribution in [0.4, 0.5) is 0 Å². The quantitative estimate of drug-likeness (QED) is 0.725. The van der Waals surface area contributed by atoms with Crippen LogP contribution in [-0.4, -0.2) is 52.8 Å². The minimum Gasteiger partial charge on any atom is -0.395 e. The average molecular weight is 341 g/mol. The van der Waals surface area contributed by atoms with E-state index in [1.54, 1.807) is 0 Å². The molecule has 1 unspecified atom stereocenters. The van der Waals surface area contributed by atoms with E-state index in [2.05, 4.69) is 10.2 Å². The molecule has 1 amide bonds. The summed E-state index contributed by atoms with van der Waals surface area (Å²) in [6, 6.07) is 11.9. The number of likely N-dealkylation sites (tertiary alicyclic amines) is 1. The topological polar surface area (TPSA) is 57.5 Å². The highest BCUT2D eigenvalue weighted by molar-refractivity contribution is 5.94. The summed E-state index contributed by atoms with van der Waals surface area (Å²) in [4.78, 5) is 14.7. The van der Waals surface area contributed by atoms with Gasteiger partial charge in [0.05, 0.1) is 6.61 Å². The minimum absolute atomic E-state index is 0.0246. The molecule has 0 radical (unpaired) electrons. The van der Waals surface area contributed by atoms with Crippen LogP contribution in [-0.2, 0) is 0 Å². The van der Waals surface area contributed by atoms with Crippen molar-refractivity contribution in [2.24, 2.45) is 0 Å². The first-order valence-corrected chi connectivity index (χ1v) is 9.14. The third-order valence-corrected chi connectivity index (χ3v) is 4.88. The molecule has 2 N–H and O–H groups in total. The second kappa shape index (κ2) is 8.83. The van der Waals surface area contributed by atoms with Crippen LogP contribution < -0.4 is 5.32 Å². The Kier molecular flexibility index (Phi) is 6.25. The van der Waals surface area contributed by atoms with Gasteiger partial charge in [-0.2, -0.15) is 0 Å². The lowest BCUT2D eigenvalue weighted by molar-refractivity contribution is 0.0952. The summed E-state index contributed by atoms with van der Waals surface area (Å²) in [5, 5.41) is 12.3. The van der Waals surface area contributed by atoms with E-state index in [4.69, 9.17) is 0 Å². The molecule has 134 valence electrons. The first-order chi connectivity index (χ1) is 12.3. The molecule has 5 nitrogen and oxygen atoms in total. The van der Waals surface area contributed by atoms with E-state index in [0.717, 1.165) is 38.0 Å². The fourth-order valence-corrected chi connectivity index (χ4v) is 3.45. The molecule has 0 saturated carbocycles. The lowest BCUT2D eigenvalue weighted by Crippen LogP contribution is -2.33. The maximum Gasteiger partial charge on any atom is 0.251 e. The second-order valence-corrected chi connectivity index (χ2v) is 6.62. The monoisotopic (exact) mass is 341 g/mol. The van der Waals surface area contributed by atoms with Gasteiger partial charge in [-0.15, -0.1) is 0 Å². The Bertz CT molecular complexity index is 669. The first-order valence-electron chi connectivity index (χ1n) is 9.14. The number of carbonyl (C=O) groups excluding carboxylic acids is 1. The first kappa shape index (κ1) is 17.7. The number of aromatic nitrogens is 1. The van der Waals surface area contributed by atoms with Gasteiger partial charge in [-0.25, -0.2) is 0 Å². The minimum atomic E-state index is -0.0246. The van der Waals surface area contributed by atoms with Crippen molar-refractivity contribution in [2.75, 3.05) is 26.2 Å². The van der Waals surface area contributed by atoms with Crippen molar-refractivity contribution in [3.05, 3.63) is 54.4 Å². The Morgan fingerprint density at radius 3 is 2.84 bits per heavy atom. The van der Waals surface area contributed by atoms with E-state index >= 15 is 0 Å². The Morgan fingerprint density at radius 2 is 2.04 bits per heavy atom. The van der Waals surface area contributed by atoms with Gasteiger partial charge >= 0.3 is 0 Å². The number of unbranched alkanes of at least 4 members (excludes halogenated alkanes) is 1. The van der Waals surface area contributed by atoms with Gasteiger partial charge < -0.3 is 15.0 Å². The molecule has 0 aliphatic carbocycles. The van der Waals surface area contributed by atoms with Crippen molar-refractivity contribution >= 4 is 5.91 Å². The zero-order chi connectivity index (χ0) is 17.5. The van der Waals surface area contributed by atoms with E-state index in [-0.39, 0.29) is 12.5 Å². The number of hydrogen-bond donors (Lipinski definition) is 2. The molecule has 5 heteroatoms. The average Bonchev–Trinajstić information content (AvgIpc) is 3.33. The smallest absolute Gasteiger partial charge is 0.251 e. The molecule has 2 heterocycles. The van der Waals surface area contributed by atoms with Crippen LogP contribution in [0.5, 0.6) is 0 Å². The van der Waals surface area contributed by atoms with E-state index < -0.39 is 0 Å². The van der Waals surface area contributed by atoms with Gasteiger partial charge in [-0.1, -0.05) is 6.07 Å². The van der Waals surface area contributed by atoms with E-state index in [1.807, 2.05) is 53.4 Å². The van der Waals surface area contributed by atoms with Crippen molar-refractivity contribution in [2.45, 2.75) is 31.7 Å². The van der Waals surface area contributed by atoms with Gasteiger partial charge in [0.2, 0.25) is 0 Å². The van der Waals surface area contributed by atoms with Crippen LogP contribution in [0.25, 0.3) is 5.69 Å². The fraction of sp³-hybridized carbons (Fsp3) is 0.450. The van der Waals surface area contributed by atoms with Crippen molar-refractivity contribution in [1.82, 2.24) is 14.8 Å². The molecule has 1 saturated heterocycles. The Morgan fingerprint density at radius 1 is 1.20 bits per heavy atom. The van der Waals surface area contributed by atoms with Crippen LogP contribution in [0.1, 0.15) is 36.0 Å². The normalized spacial score (nSPS) is 17.7. The van der Waals surface area contributed by atoms with E-state index in [1.165, 1.54) is 6.42 Å². The summed E-state index contributed by atoms with van der Waals surface area (Å²) < 4.78 is 1.99. The molecule has 1 aromatic heterocycles. The predicted molar refractivity (Wildman–Crippen MR) is 99.0 cm³/mol. The molecule has 3 rings (SSSR count). The lowest BCUT2D eigenvalue weighted by Gasteiger charge is -2.22. The molecule has 2 aromatic rings. The van der Waals surface area contributed by atoms with Gasteiger partial charge in [0, 0.05) is 36.2 Å². The highest BCUT2D eigenvalue weighted by Gasteiger charge is 2.22. The molecule has 1 atom stereocenters. The number of nitrogens with zero attached hydrogens (tertiary/aromatic N) is 2. The van der Waals surface area contributed by atoms with Gasteiger partial charge in [0.25, 0.3) is 5.91 Å². The van der Waals surface area contributed by atoms with Gasteiger partial charge in [0.15, 0.2) is 0 Å². The van der Waals surface area contributed by atoms with E-state index in [0.29, 0.717) is 18.2 Å². The maximum absolute atomic E-state index is 12.3. The Hall–Kier alpha value is -2.11. The number of benzene rings is 1. The summed E-state index contributed by atoms with van der Waals surface area (Å²) in [5.41, 5.74) is 1.67. The summed E-state index contributed by atoms with van der Waals surface area (Å²) in [6.07, 6.45) is 8.21. The molecule has 1 aliphatic heterocycles. The van der Waals surface area contributed by atoms with Gasteiger partial charge in [-0.05, 0) is 69.1 Å². The Balaban J connectivity index is 1.41. The van der Waals surface area contributed by atoms with Gasteiger partial charge in [0.1, 0.15) is 0 Å². The van der Waals surface area contributed by atoms with Crippen LogP contribution in [0.2, 0.25) is 0 Å². The van der Waals surface area contributed by atoms with E-state index in [9.17, 15) is 9.90 Å². The van der Waals surface area contributed by atoms with Gasteiger partial charge in [-0.3, -0.25) is 9.69 Å². The van der Waals surface area contributed by atoms with Crippen molar-refractivity contribution < 1.29 is 9.90 Å². The summed E-state index contributed by atoms with van der Waals surface area (Å²) in [5.74, 6) is -0.0246. The SMILES string of the molecule is O=C(NCCCCN1CCCC1CO)c1cccc(-n2cccc2)c1. The standard InChI is InChI=1S/C20H27N3O2/c24-16-19-9-6-14-23(19)11-2-1-10-21-20(25)17-7-5-8-18(15-17)22-12-3-4-13-22/h3-5,7-8,12-13,15,19,24H,1-2,6,9-11,14,16H2,(H,21,25). The van der Waals surface area contributed by atoms with Crippen LogP contribution in [0.15, 0.2) is 48.8 Å². The number of aliphatic hydroxyl groups is 1. The molecule has 0 spiro atoms. The summed E-state index contributed by atoms with van der Waals surface area (Å²) in [6.45, 7) is 3.03. The molecule has 1 fully saturated rings. The van der Waals surface area contributed by atoms with Crippen molar-refractivity contribution in [3.63, 3.8) is 0 Å². The molecule has 1 aromatic carbocycles. The lowest BCUT2D eigenvalue weighted by atomic mass is 10.2. The zero-order valence-corrected chi connectivity index (χ0v) is 14.6. The highest BCUT2D eigenvalue weighted by atomic mass is 16.3. The highest BCUT2D eigenvalue weighted by Crippen LogP contribution is 2.17. The largest absolute Gasteiger partial charge is 0.395 e. The number of rotatable bonds is 8. The molecule has 1 aliphatic rings. The third kappa shape index (κ3) is 4.71. The third-order valence-electron chi connectivity index (χ3n) is 4.88. The van der Waals surface area contributed by atoms with Crippen LogP contribution in [0.3, 0.4) is 0 Å². The number of hydrogen-bond acceptors (Lipinski definition) is 3. The summed E-state index contributed by atoms with van der Waals surface area (Å²) >= 11 is 0. The van der Waals surface area contributed by atoms with Crippen molar-refractivity contribution in [1.29, 1.82) is 0 Å². The van der Waals surface area contributed by atoms with Crippen LogP contribution in [0, 0.1) is 0 Å². The van der Waals surface area contributed by atoms with Crippen LogP contribution >= 0.6 is 0 Å². The zero-order valence-electron chi connectivity index (χ0n) is 14.6. The number of aliphatic hydroxyl groups excluding tert-OH is 1. The number of amides is 1. The predicted octanol–water partition coefficient (Wildman–Crippen LogP) is 2.44. The fourth-order valence-electron chi connectivity index (χ4n) is 3.45. The molecular weight excluding hydrogens is 314 g/mol. The Labute approximate surface area is 149 Å². The number of nitrogens with one attached hydrogen (secondary N) is 1. The second-order valence-electron chi connectivity index (χ2n) is 6.62. The molecule has 25 heavy (non-hydrogen) atoms. The summed E-state index contributed by atoms with van der Waals surface area (Å²) in [7, 11) is 0. The maximum atomic E-state index is 12.3. The number of carbonyl (C=O) groups is 1.